The van der Waals surface area contributed by atoms with Gasteiger partial charge >= 0.3 is 0 Å². The van der Waals surface area contributed by atoms with Crippen LogP contribution in [0.25, 0.3) is 0 Å². The van der Waals surface area contributed by atoms with Crippen molar-refractivity contribution in [2.75, 3.05) is 11.1 Å². The van der Waals surface area contributed by atoms with Crippen LogP contribution >= 0.6 is 34.9 Å². The first-order valence-corrected chi connectivity index (χ1v) is 10.3. The van der Waals surface area contributed by atoms with E-state index in [0.29, 0.717) is 5.75 Å². The summed E-state index contributed by atoms with van der Waals surface area (Å²) in [5.41, 5.74) is 1.94. The van der Waals surface area contributed by atoms with E-state index in [1.165, 1.54) is 23.1 Å². The van der Waals surface area contributed by atoms with E-state index in [0.717, 1.165) is 31.4 Å². The first-order valence-electron chi connectivity index (χ1n) is 7.54. The molecule has 0 aliphatic heterocycles. The van der Waals surface area contributed by atoms with E-state index >= 15 is 0 Å². The SMILES string of the molecule is Cc1nnc(SCC(=O)Nc2cccc(CSc3ccccn3)c2)s1. The highest BCUT2D eigenvalue weighted by atomic mass is 32.2. The van der Waals surface area contributed by atoms with Crippen molar-refractivity contribution < 1.29 is 4.79 Å². The van der Waals surface area contributed by atoms with Crippen molar-refractivity contribution in [1.82, 2.24) is 15.2 Å². The second kappa shape index (κ2) is 8.98. The fraction of sp³-hybridized carbons (Fsp3) is 0.176. The minimum absolute atomic E-state index is 0.0487. The number of benzene rings is 1. The van der Waals surface area contributed by atoms with Crippen LogP contribution in [0.2, 0.25) is 0 Å². The number of carbonyl (C=O) groups excluding carboxylic acids is 1. The molecular formula is C17H16N4OS3. The summed E-state index contributed by atoms with van der Waals surface area (Å²) in [7, 11) is 0. The van der Waals surface area contributed by atoms with E-state index in [1.807, 2.05) is 49.4 Å². The predicted molar refractivity (Wildman–Crippen MR) is 104 cm³/mol. The molecule has 3 rings (SSSR count). The number of pyridine rings is 1. The lowest BCUT2D eigenvalue weighted by Crippen LogP contribution is -2.14. The first kappa shape index (κ1) is 17.9. The van der Waals surface area contributed by atoms with Gasteiger partial charge in [-0.25, -0.2) is 4.98 Å². The number of thioether (sulfide) groups is 2. The first-order chi connectivity index (χ1) is 12.2. The second-order valence-corrected chi connectivity index (χ2v) is 8.48. The predicted octanol–water partition coefficient (Wildman–Crippen LogP) is 4.26. The van der Waals surface area contributed by atoms with Crippen molar-refractivity contribution in [2.24, 2.45) is 0 Å². The van der Waals surface area contributed by atoms with Gasteiger partial charge in [0.2, 0.25) is 5.91 Å². The number of nitrogens with one attached hydrogen (secondary N) is 1. The van der Waals surface area contributed by atoms with Crippen molar-refractivity contribution >= 4 is 46.5 Å². The Labute approximate surface area is 158 Å². The maximum atomic E-state index is 12.1. The topological polar surface area (TPSA) is 67.8 Å². The van der Waals surface area contributed by atoms with Gasteiger partial charge in [-0.15, -0.1) is 22.0 Å². The van der Waals surface area contributed by atoms with Crippen LogP contribution < -0.4 is 5.32 Å². The Hall–Kier alpha value is -1.90. The van der Waals surface area contributed by atoms with Gasteiger partial charge in [-0.3, -0.25) is 4.79 Å². The van der Waals surface area contributed by atoms with E-state index in [1.54, 1.807) is 18.0 Å². The summed E-state index contributed by atoms with van der Waals surface area (Å²) in [4.78, 5) is 16.4. The van der Waals surface area contributed by atoms with Gasteiger partial charge in [0.1, 0.15) is 5.01 Å². The highest BCUT2D eigenvalue weighted by Crippen LogP contribution is 2.23. The zero-order chi connectivity index (χ0) is 17.5. The number of hydrogen-bond donors (Lipinski definition) is 1. The fourth-order valence-electron chi connectivity index (χ4n) is 1.99. The number of aromatic nitrogens is 3. The van der Waals surface area contributed by atoms with Gasteiger partial charge in [0.05, 0.1) is 10.8 Å². The summed E-state index contributed by atoms with van der Waals surface area (Å²) in [6.07, 6.45) is 1.79. The van der Waals surface area contributed by atoms with Crippen molar-refractivity contribution in [2.45, 2.75) is 22.0 Å². The molecule has 128 valence electrons. The van der Waals surface area contributed by atoms with E-state index in [4.69, 9.17) is 0 Å². The van der Waals surface area contributed by atoms with Gasteiger partial charge in [-0.05, 0) is 36.8 Å². The highest BCUT2D eigenvalue weighted by molar-refractivity contribution is 8.01. The lowest BCUT2D eigenvalue weighted by molar-refractivity contribution is -0.113. The molecule has 5 nitrogen and oxygen atoms in total. The third-order valence-electron chi connectivity index (χ3n) is 3.07. The number of carbonyl (C=O) groups is 1. The number of nitrogens with zero attached hydrogens (tertiary/aromatic N) is 3. The van der Waals surface area contributed by atoms with Crippen molar-refractivity contribution in [3.63, 3.8) is 0 Å². The molecule has 0 saturated carbocycles. The second-order valence-electron chi connectivity index (χ2n) is 5.08. The number of anilines is 1. The molecule has 3 aromatic rings. The molecule has 0 atom stereocenters. The van der Waals surface area contributed by atoms with Crippen LogP contribution in [0.1, 0.15) is 10.6 Å². The summed E-state index contributed by atoms with van der Waals surface area (Å²) in [5, 5.41) is 12.8. The zero-order valence-electron chi connectivity index (χ0n) is 13.5. The monoisotopic (exact) mass is 388 g/mol. The molecule has 8 heteroatoms. The Balaban J connectivity index is 1.51. The van der Waals surface area contributed by atoms with Crippen LogP contribution in [0.4, 0.5) is 5.69 Å². The molecule has 0 saturated heterocycles. The summed E-state index contributed by atoms with van der Waals surface area (Å²) in [5.74, 6) is 1.08. The summed E-state index contributed by atoms with van der Waals surface area (Å²) in [6, 6.07) is 13.8. The normalized spacial score (nSPS) is 10.6. The molecule has 0 bridgehead atoms. The molecule has 2 heterocycles. The van der Waals surface area contributed by atoms with Gasteiger partial charge in [0, 0.05) is 17.6 Å². The van der Waals surface area contributed by atoms with E-state index in [-0.39, 0.29) is 5.91 Å². The average Bonchev–Trinajstić information content (AvgIpc) is 3.05. The molecule has 0 aliphatic carbocycles. The molecule has 1 aromatic carbocycles. The third-order valence-corrected chi connectivity index (χ3v) is 6.06. The molecule has 25 heavy (non-hydrogen) atoms. The van der Waals surface area contributed by atoms with Crippen molar-refractivity contribution in [1.29, 1.82) is 0 Å². The van der Waals surface area contributed by atoms with E-state index in [2.05, 4.69) is 20.5 Å². The maximum absolute atomic E-state index is 12.1. The Kier molecular flexibility index (Phi) is 6.43. The quantitative estimate of drug-likeness (QED) is 0.610. The molecule has 0 fully saturated rings. The number of amides is 1. The van der Waals surface area contributed by atoms with Gasteiger partial charge in [0.25, 0.3) is 0 Å². The summed E-state index contributed by atoms with van der Waals surface area (Å²) in [6.45, 7) is 1.90. The molecule has 1 N–H and O–H groups in total. The highest BCUT2D eigenvalue weighted by Gasteiger charge is 2.07. The van der Waals surface area contributed by atoms with E-state index in [9.17, 15) is 4.79 Å². The van der Waals surface area contributed by atoms with Crippen LogP contribution in [-0.4, -0.2) is 26.8 Å². The Morgan fingerprint density at radius 1 is 1.16 bits per heavy atom. The third kappa shape index (κ3) is 5.84. The van der Waals surface area contributed by atoms with Crippen LogP contribution in [0.3, 0.4) is 0 Å². The maximum Gasteiger partial charge on any atom is 0.234 e. The summed E-state index contributed by atoms with van der Waals surface area (Å²) < 4.78 is 0.813. The largest absolute Gasteiger partial charge is 0.325 e. The van der Waals surface area contributed by atoms with E-state index < -0.39 is 0 Å². The Morgan fingerprint density at radius 3 is 2.84 bits per heavy atom. The molecule has 0 radical (unpaired) electrons. The van der Waals surface area contributed by atoms with Gasteiger partial charge in [-0.1, -0.05) is 41.3 Å². The van der Waals surface area contributed by atoms with Crippen LogP contribution in [0.5, 0.6) is 0 Å². The van der Waals surface area contributed by atoms with Gasteiger partial charge in [-0.2, -0.15) is 0 Å². The molecular weight excluding hydrogens is 372 g/mol. The molecule has 2 aromatic heterocycles. The standard InChI is InChI=1S/C17H16N4OS3/c1-12-20-21-17(25-12)24-11-15(22)19-14-6-4-5-13(9-14)10-23-16-7-2-3-8-18-16/h2-9H,10-11H2,1H3,(H,19,22). The number of aryl methyl sites for hydroxylation is 1. The molecule has 0 spiro atoms. The van der Waals surface area contributed by atoms with Gasteiger partial charge < -0.3 is 5.32 Å². The zero-order valence-corrected chi connectivity index (χ0v) is 16.0. The Bertz CT molecular complexity index is 839. The smallest absolute Gasteiger partial charge is 0.234 e. The number of rotatable bonds is 7. The molecule has 1 amide bonds. The fourth-order valence-corrected chi connectivity index (χ4v) is 4.41. The van der Waals surface area contributed by atoms with Crippen LogP contribution in [0, 0.1) is 6.92 Å². The minimum Gasteiger partial charge on any atom is -0.325 e. The van der Waals surface area contributed by atoms with Gasteiger partial charge in [0.15, 0.2) is 4.34 Å². The minimum atomic E-state index is -0.0487. The lowest BCUT2D eigenvalue weighted by atomic mass is 10.2. The van der Waals surface area contributed by atoms with Crippen LogP contribution in [-0.2, 0) is 10.5 Å². The lowest BCUT2D eigenvalue weighted by Gasteiger charge is -2.07. The Morgan fingerprint density at radius 2 is 2.08 bits per heavy atom. The number of hydrogen-bond acceptors (Lipinski definition) is 7. The summed E-state index contributed by atoms with van der Waals surface area (Å²) >= 11 is 4.57. The molecule has 0 unspecified atom stereocenters. The average molecular weight is 389 g/mol. The molecule has 0 aliphatic rings. The van der Waals surface area contributed by atoms with Crippen LogP contribution in [0.15, 0.2) is 58.0 Å². The van der Waals surface area contributed by atoms with Crippen molar-refractivity contribution in [3.05, 3.63) is 59.2 Å². The van der Waals surface area contributed by atoms with Crippen molar-refractivity contribution in [3.8, 4) is 0 Å².